The van der Waals surface area contributed by atoms with E-state index < -0.39 is 0 Å². The van der Waals surface area contributed by atoms with Gasteiger partial charge in [0.2, 0.25) is 5.91 Å². The Morgan fingerprint density at radius 2 is 1.71 bits per heavy atom. The third-order valence-electron chi connectivity index (χ3n) is 6.28. The number of aryl methyl sites for hydroxylation is 1. The topological polar surface area (TPSA) is 51.0 Å². The zero-order chi connectivity index (χ0) is 21.2. The van der Waals surface area contributed by atoms with Crippen molar-refractivity contribution in [2.24, 2.45) is 0 Å². The smallest absolute Gasteiger partial charge is 0.227 e. The van der Waals surface area contributed by atoms with Gasteiger partial charge in [0.05, 0.1) is 17.5 Å². The van der Waals surface area contributed by atoms with Crippen LogP contribution in [0.3, 0.4) is 0 Å². The summed E-state index contributed by atoms with van der Waals surface area (Å²) in [5, 5.41) is 0. The fourth-order valence-corrected chi connectivity index (χ4v) is 4.55. The largest absolute Gasteiger partial charge is 0.342 e. The van der Waals surface area contributed by atoms with Crippen molar-refractivity contribution in [1.29, 1.82) is 0 Å². The summed E-state index contributed by atoms with van der Waals surface area (Å²) >= 11 is 0. The molecule has 5 heteroatoms. The number of para-hydroxylation sites is 2. The predicted octanol–water partition coefficient (Wildman–Crippen LogP) is 4.81. The number of carbonyl (C=O) groups excluding carboxylic acids is 1. The van der Waals surface area contributed by atoms with E-state index in [4.69, 9.17) is 4.98 Å². The molecule has 0 atom stereocenters. The number of likely N-dealkylation sites (tertiary alicyclic amines) is 1. The normalized spacial score (nSPS) is 14.8. The van der Waals surface area contributed by atoms with Gasteiger partial charge in [-0.1, -0.05) is 42.5 Å². The van der Waals surface area contributed by atoms with Gasteiger partial charge in [-0.2, -0.15) is 0 Å². The highest BCUT2D eigenvalue weighted by Gasteiger charge is 2.27. The third-order valence-corrected chi connectivity index (χ3v) is 6.28. The molecule has 2 aromatic carbocycles. The van der Waals surface area contributed by atoms with Crippen LogP contribution in [-0.2, 0) is 11.2 Å². The summed E-state index contributed by atoms with van der Waals surface area (Å²) in [5.41, 5.74) is 5.30. The van der Waals surface area contributed by atoms with Gasteiger partial charge in [-0.05, 0) is 55.2 Å². The second-order valence-electron chi connectivity index (χ2n) is 8.22. The number of benzene rings is 2. The highest BCUT2D eigenvalue weighted by atomic mass is 16.2. The van der Waals surface area contributed by atoms with E-state index in [0.29, 0.717) is 12.5 Å². The highest BCUT2D eigenvalue weighted by molar-refractivity contribution is 5.81. The number of carbonyl (C=O) groups is 1. The van der Waals surface area contributed by atoms with E-state index in [-0.39, 0.29) is 5.91 Å². The van der Waals surface area contributed by atoms with Gasteiger partial charge < -0.3 is 9.47 Å². The van der Waals surface area contributed by atoms with Crippen LogP contribution in [0, 0.1) is 6.92 Å². The Labute approximate surface area is 182 Å². The maximum atomic E-state index is 12.9. The van der Waals surface area contributed by atoms with Crippen LogP contribution in [-0.4, -0.2) is 38.4 Å². The van der Waals surface area contributed by atoms with Crippen LogP contribution in [0.25, 0.3) is 22.6 Å². The molecule has 5 nitrogen and oxygen atoms in total. The number of pyridine rings is 1. The summed E-state index contributed by atoms with van der Waals surface area (Å²) in [6.07, 6.45) is 4.12. The van der Waals surface area contributed by atoms with E-state index in [1.165, 1.54) is 5.56 Å². The van der Waals surface area contributed by atoms with E-state index in [2.05, 4.69) is 46.8 Å². The number of nitrogens with zero attached hydrogens (tertiary/aromatic N) is 4. The summed E-state index contributed by atoms with van der Waals surface area (Å²) in [7, 11) is 0. The first-order valence-electron chi connectivity index (χ1n) is 10.9. The molecular weight excluding hydrogens is 384 g/mol. The number of rotatable bonds is 4. The lowest BCUT2D eigenvalue weighted by Crippen LogP contribution is -2.40. The third kappa shape index (κ3) is 3.83. The summed E-state index contributed by atoms with van der Waals surface area (Å²) in [5.74, 6) is 1.12. The van der Waals surface area contributed by atoms with E-state index in [0.717, 1.165) is 54.0 Å². The second-order valence-corrected chi connectivity index (χ2v) is 8.22. The maximum absolute atomic E-state index is 12.9. The predicted molar refractivity (Wildman–Crippen MR) is 123 cm³/mol. The van der Waals surface area contributed by atoms with Crippen molar-refractivity contribution in [1.82, 2.24) is 19.4 Å². The Morgan fingerprint density at radius 1 is 0.968 bits per heavy atom. The number of piperidine rings is 1. The molecule has 3 heterocycles. The molecule has 0 saturated carbocycles. The molecule has 0 radical (unpaired) electrons. The minimum absolute atomic E-state index is 0.216. The van der Waals surface area contributed by atoms with Gasteiger partial charge in [0.15, 0.2) is 5.82 Å². The Kier molecular flexibility index (Phi) is 5.24. The Bertz CT molecular complexity index is 1210. The Balaban J connectivity index is 1.37. The second kappa shape index (κ2) is 8.34. The molecular formula is C26H26N4O. The minimum Gasteiger partial charge on any atom is -0.342 e. The van der Waals surface area contributed by atoms with Gasteiger partial charge >= 0.3 is 0 Å². The monoisotopic (exact) mass is 410 g/mol. The molecule has 1 amide bonds. The van der Waals surface area contributed by atoms with Gasteiger partial charge in [-0.3, -0.25) is 9.78 Å². The average molecular weight is 411 g/mol. The minimum atomic E-state index is 0.216. The number of imidazole rings is 1. The molecule has 0 spiro atoms. The summed E-state index contributed by atoms with van der Waals surface area (Å²) in [6.45, 7) is 3.60. The quantitative estimate of drug-likeness (QED) is 0.485. The molecule has 0 N–H and O–H groups in total. The van der Waals surface area contributed by atoms with Gasteiger partial charge in [0.25, 0.3) is 0 Å². The molecule has 4 aromatic rings. The summed E-state index contributed by atoms with van der Waals surface area (Å²) in [4.78, 5) is 24.4. The summed E-state index contributed by atoms with van der Waals surface area (Å²) < 4.78 is 2.33. The Hall–Kier alpha value is -3.47. The van der Waals surface area contributed by atoms with Crippen molar-refractivity contribution in [3.63, 3.8) is 0 Å². The van der Waals surface area contributed by atoms with Crippen molar-refractivity contribution in [3.8, 4) is 11.5 Å². The molecule has 31 heavy (non-hydrogen) atoms. The first kappa shape index (κ1) is 19.5. The van der Waals surface area contributed by atoms with E-state index >= 15 is 0 Å². The van der Waals surface area contributed by atoms with Crippen LogP contribution in [0.15, 0.2) is 72.9 Å². The lowest BCUT2D eigenvalue weighted by molar-refractivity contribution is -0.131. The molecule has 1 fully saturated rings. The van der Waals surface area contributed by atoms with Crippen LogP contribution in [0.4, 0.5) is 0 Å². The van der Waals surface area contributed by atoms with Crippen molar-refractivity contribution in [3.05, 3.63) is 84.1 Å². The molecule has 1 aliphatic rings. The fraction of sp³-hybridized carbons (Fsp3) is 0.269. The van der Waals surface area contributed by atoms with Crippen LogP contribution < -0.4 is 0 Å². The first-order valence-corrected chi connectivity index (χ1v) is 10.9. The van der Waals surface area contributed by atoms with Crippen molar-refractivity contribution in [2.45, 2.75) is 32.2 Å². The SMILES string of the molecule is Cc1ccccc1CC(=O)N1CCC(n2c(-c3ccccn3)nc3ccccc32)CC1. The Morgan fingerprint density at radius 3 is 2.48 bits per heavy atom. The van der Waals surface area contributed by atoms with Crippen molar-refractivity contribution < 1.29 is 4.79 Å². The van der Waals surface area contributed by atoms with Gasteiger partial charge in [-0.15, -0.1) is 0 Å². The number of hydrogen-bond acceptors (Lipinski definition) is 3. The van der Waals surface area contributed by atoms with E-state index in [9.17, 15) is 4.79 Å². The lowest BCUT2D eigenvalue weighted by atomic mass is 10.0. The molecule has 0 unspecified atom stereocenters. The molecule has 2 aromatic heterocycles. The van der Waals surface area contributed by atoms with E-state index in [1.54, 1.807) is 0 Å². The van der Waals surface area contributed by atoms with E-state index in [1.807, 2.05) is 47.5 Å². The van der Waals surface area contributed by atoms with Crippen LogP contribution >= 0.6 is 0 Å². The molecule has 0 bridgehead atoms. The van der Waals surface area contributed by atoms with Crippen molar-refractivity contribution in [2.75, 3.05) is 13.1 Å². The maximum Gasteiger partial charge on any atom is 0.227 e. The number of aromatic nitrogens is 3. The zero-order valence-electron chi connectivity index (χ0n) is 17.7. The van der Waals surface area contributed by atoms with Crippen LogP contribution in [0.2, 0.25) is 0 Å². The first-order chi connectivity index (χ1) is 15.2. The highest BCUT2D eigenvalue weighted by Crippen LogP contribution is 2.32. The van der Waals surface area contributed by atoms with Crippen LogP contribution in [0.1, 0.15) is 30.0 Å². The molecule has 156 valence electrons. The van der Waals surface area contributed by atoms with Gasteiger partial charge in [0.1, 0.15) is 5.69 Å². The number of fused-ring (bicyclic) bond motifs is 1. The molecule has 5 rings (SSSR count). The van der Waals surface area contributed by atoms with Crippen LogP contribution in [0.5, 0.6) is 0 Å². The average Bonchev–Trinajstić information content (AvgIpc) is 3.21. The zero-order valence-corrected chi connectivity index (χ0v) is 17.7. The summed E-state index contributed by atoms with van der Waals surface area (Å²) in [6, 6.07) is 22.6. The molecule has 1 aliphatic heterocycles. The lowest BCUT2D eigenvalue weighted by Gasteiger charge is -2.33. The van der Waals surface area contributed by atoms with Gasteiger partial charge in [-0.25, -0.2) is 4.98 Å². The number of amides is 1. The fourth-order valence-electron chi connectivity index (χ4n) is 4.55. The van der Waals surface area contributed by atoms with Gasteiger partial charge in [0, 0.05) is 25.3 Å². The standard InChI is InChI=1S/C26H26N4O/c1-19-8-2-3-9-20(19)18-25(31)29-16-13-21(14-17-29)30-24-12-5-4-10-22(24)28-26(30)23-11-6-7-15-27-23/h2-12,15,21H,13-14,16-18H2,1H3. The number of hydrogen-bond donors (Lipinski definition) is 0. The molecule has 1 saturated heterocycles. The molecule has 0 aliphatic carbocycles. The van der Waals surface area contributed by atoms with Crippen molar-refractivity contribution >= 4 is 16.9 Å².